The summed E-state index contributed by atoms with van der Waals surface area (Å²) in [6.45, 7) is 4.97. The number of carboxylic acid groups (broad SMARTS) is 1. The lowest BCUT2D eigenvalue weighted by atomic mass is 10.1. The predicted octanol–water partition coefficient (Wildman–Crippen LogP) is 1.74. The van der Waals surface area contributed by atoms with Crippen LogP contribution < -0.4 is 5.32 Å². The van der Waals surface area contributed by atoms with Gasteiger partial charge in [-0.15, -0.1) is 0 Å². The van der Waals surface area contributed by atoms with Crippen molar-refractivity contribution < 1.29 is 23.8 Å². The van der Waals surface area contributed by atoms with Crippen LogP contribution in [0.4, 0.5) is 9.18 Å². The van der Waals surface area contributed by atoms with Gasteiger partial charge in [0.25, 0.3) is 0 Å². The molecule has 0 spiro atoms. The third-order valence-corrected chi connectivity index (χ3v) is 2.25. The van der Waals surface area contributed by atoms with E-state index in [9.17, 15) is 14.0 Å². The van der Waals surface area contributed by atoms with E-state index in [-0.39, 0.29) is 12.0 Å². The lowest BCUT2D eigenvalue weighted by Crippen LogP contribution is -2.44. The molecule has 1 heterocycles. The van der Waals surface area contributed by atoms with Gasteiger partial charge >= 0.3 is 12.1 Å². The van der Waals surface area contributed by atoms with Crippen LogP contribution in [-0.4, -0.2) is 33.8 Å². The van der Waals surface area contributed by atoms with E-state index in [1.165, 1.54) is 18.3 Å². The summed E-state index contributed by atoms with van der Waals surface area (Å²) in [7, 11) is 0. The molecule has 6 nitrogen and oxygen atoms in total. The Bertz CT molecular complexity index is 499. The molecule has 0 aliphatic carbocycles. The Morgan fingerprint density at radius 2 is 2.15 bits per heavy atom. The second-order valence-corrected chi connectivity index (χ2v) is 5.19. The number of pyridine rings is 1. The monoisotopic (exact) mass is 284 g/mol. The zero-order chi connectivity index (χ0) is 15.3. The third kappa shape index (κ3) is 5.21. The summed E-state index contributed by atoms with van der Waals surface area (Å²) in [5.41, 5.74) is -0.636. The molecule has 0 radical (unpaired) electrons. The molecule has 7 heteroatoms. The van der Waals surface area contributed by atoms with Crippen LogP contribution in [0.25, 0.3) is 0 Å². The Morgan fingerprint density at radius 1 is 1.50 bits per heavy atom. The molecule has 1 aromatic rings. The molecule has 1 amide bonds. The van der Waals surface area contributed by atoms with Gasteiger partial charge in [-0.1, -0.05) is 6.07 Å². The van der Waals surface area contributed by atoms with Crippen molar-refractivity contribution in [2.45, 2.75) is 38.8 Å². The van der Waals surface area contributed by atoms with Gasteiger partial charge < -0.3 is 15.2 Å². The normalized spacial score (nSPS) is 12.6. The summed E-state index contributed by atoms with van der Waals surface area (Å²) < 4.78 is 18.3. The van der Waals surface area contributed by atoms with Crippen molar-refractivity contribution in [2.75, 3.05) is 0 Å². The first-order chi connectivity index (χ1) is 9.19. The SMILES string of the molecule is CC(C)(C)OC(=O)NC(Cc1cccnc1F)C(=O)O. The van der Waals surface area contributed by atoms with E-state index >= 15 is 0 Å². The number of hydrogen-bond acceptors (Lipinski definition) is 4. The van der Waals surface area contributed by atoms with E-state index in [1.54, 1.807) is 20.8 Å². The summed E-state index contributed by atoms with van der Waals surface area (Å²) in [6.07, 6.45) is 0.179. The van der Waals surface area contributed by atoms with E-state index < -0.39 is 29.7 Å². The number of aliphatic carboxylic acids is 1. The molecule has 0 aromatic carbocycles. The van der Waals surface area contributed by atoms with E-state index in [4.69, 9.17) is 9.84 Å². The number of carbonyl (C=O) groups is 2. The Morgan fingerprint density at radius 3 is 2.65 bits per heavy atom. The lowest BCUT2D eigenvalue weighted by Gasteiger charge is -2.22. The molecule has 20 heavy (non-hydrogen) atoms. The number of amides is 1. The van der Waals surface area contributed by atoms with Crippen LogP contribution in [0, 0.1) is 5.95 Å². The highest BCUT2D eigenvalue weighted by Crippen LogP contribution is 2.09. The van der Waals surface area contributed by atoms with E-state index in [0.29, 0.717) is 0 Å². The Kier molecular flexibility index (Phi) is 5.01. The van der Waals surface area contributed by atoms with Gasteiger partial charge in [-0.2, -0.15) is 4.39 Å². The van der Waals surface area contributed by atoms with Gasteiger partial charge in [-0.25, -0.2) is 14.6 Å². The fourth-order valence-corrected chi connectivity index (χ4v) is 1.44. The van der Waals surface area contributed by atoms with Crippen molar-refractivity contribution in [1.29, 1.82) is 0 Å². The Labute approximate surface area is 116 Å². The van der Waals surface area contributed by atoms with Crippen LogP contribution >= 0.6 is 0 Å². The number of ether oxygens (including phenoxy) is 1. The zero-order valence-electron chi connectivity index (χ0n) is 11.5. The summed E-state index contributed by atoms with van der Waals surface area (Å²) in [6, 6.07) is 1.61. The molecule has 1 unspecified atom stereocenters. The van der Waals surface area contributed by atoms with Crippen molar-refractivity contribution in [3.05, 3.63) is 29.8 Å². The summed E-state index contributed by atoms with van der Waals surface area (Å²) in [4.78, 5) is 26.1. The first-order valence-electron chi connectivity index (χ1n) is 6.01. The quantitative estimate of drug-likeness (QED) is 0.822. The first kappa shape index (κ1) is 15.9. The van der Waals surface area contributed by atoms with Crippen LogP contribution in [-0.2, 0) is 16.0 Å². The number of nitrogens with one attached hydrogen (secondary N) is 1. The predicted molar refractivity (Wildman–Crippen MR) is 68.7 cm³/mol. The third-order valence-electron chi connectivity index (χ3n) is 2.25. The van der Waals surface area contributed by atoms with Gasteiger partial charge in [-0.3, -0.25) is 0 Å². The topological polar surface area (TPSA) is 88.5 Å². The molecular formula is C13H17FN2O4. The summed E-state index contributed by atoms with van der Waals surface area (Å²) >= 11 is 0. The van der Waals surface area contributed by atoms with Gasteiger partial charge in [0.05, 0.1) is 0 Å². The van der Waals surface area contributed by atoms with Gasteiger partial charge in [0.2, 0.25) is 5.95 Å². The highest BCUT2D eigenvalue weighted by molar-refractivity contribution is 5.80. The number of aromatic nitrogens is 1. The molecule has 0 bridgehead atoms. The highest BCUT2D eigenvalue weighted by Gasteiger charge is 2.25. The molecule has 1 atom stereocenters. The molecule has 1 rings (SSSR count). The minimum Gasteiger partial charge on any atom is -0.480 e. The standard InChI is InChI=1S/C13H17FN2O4/c1-13(2,3)20-12(19)16-9(11(17)18)7-8-5-4-6-15-10(8)14/h4-6,9H,7H2,1-3H3,(H,16,19)(H,17,18). The minimum atomic E-state index is -1.29. The molecule has 2 N–H and O–H groups in total. The maximum atomic E-state index is 13.4. The second kappa shape index (κ2) is 6.31. The molecule has 0 saturated heterocycles. The smallest absolute Gasteiger partial charge is 0.408 e. The van der Waals surface area contributed by atoms with Gasteiger partial charge in [0.15, 0.2) is 0 Å². The number of nitrogens with zero attached hydrogens (tertiary/aromatic N) is 1. The average molecular weight is 284 g/mol. The van der Waals surface area contributed by atoms with Crippen molar-refractivity contribution in [2.24, 2.45) is 0 Å². The maximum Gasteiger partial charge on any atom is 0.408 e. The fraction of sp³-hybridized carbons (Fsp3) is 0.462. The molecule has 1 aromatic heterocycles. The molecular weight excluding hydrogens is 267 g/mol. The number of halogens is 1. The average Bonchev–Trinajstić information content (AvgIpc) is 2.28. The van der Waals surface area contributed by atoms with Gasteiger partial charge in [0.1, 0.15) is 11.6 Å². The summed E-state index contributed by atoms with van der Waals surface area (Å²) in [5, 5.41) is 11.3. The van der Waals surface area contributed by atoms with Crippen LogP contribution in [0.5, 0.6) is 0 Å². The van der Waals surface area contributed by atoms with Crippen LogP contribution in [0.3, 0.4) is 0 Å². The highest BCUT2D eigenvalue weighted by atomic mass is 19.1. The molecule has 110 valence electrons. The molecule has 0 fully saturated rings. The van der Waals surface area contributed by atoms with Crippen molar-refractivity contribution in [3.63, 3.8) is 0 Å². The maximum absolute atomic E-state index is 13.4. The molecule has 0 aliphatic rings. The Hall–Kier alpha value is -2.18. The zero-order valence-corrected chi connectivity index (χ0v) is 11.5. The molecule has 0 saturated carbocycles. The first-order valence-corrected chi connectivity index (χ1v) is 6.01. The van der Waals surface area contributed by atoms with Gasteiger partial charge in [-0.05, 0) is 26.8 Å². The number of rotatable bonds is 4. The number of alkyl carbamates (subject to hydrolysis) is 1. The summed E-state index contributed by atoms with van der Waals surface area (Å²) in [5.74, 6) is -2.04. The lowest BCUT2D eigenvalue weighted by molar-refractivity contribution is -0.139. The van der Waals surface area contributed by atoms with Crippen LogP contribution in [0.1, 0.15) is 26.3 Å². The number of carboxylic acids is 1. The van der Waals surface area contributed by atoms with E-state index in [1.807, 2.05) is 0 Å². The van der Waals surface area contributed by atoms with Crippen molar-refractivity contribution >= 4 is 12.1 Å². The van der Waals surface area contributed by atoms with Crippen molar-refractivity contribution in [1.82, 2.24) is 10.3 Å². The number of hydrogen-bond donors (Lipinski definition) is 2. The van der Waals surface area contributed by atoms with Gasteiger partial charge in [0, 0.05) is 18.2 Å². The van der Waals surface area contributed by atoms with E-state index in [0.717, 1.165) is 0 Å². The molecule has 0 aliphatic heterocycles. The van der Waals surface area contributed by atoms with Crippen LogP contribution in [0.2, 0.25) is 0 Å². The largest absolute Gasteiger partial charge is 0.480 e. The van der Waals surface area contributed by atoms with Crippen molar-refractivity contribution in [3.8, 4) is 0 Å². The minimum absolute atomic E-state index is 0.107. The number of carbonyl (C=O) groups excluding carboxylic acids is 1. The Balaban J connectivity index is 2.74. The van der Waals surface area contributed by atoms with Crippen LogP contribution in [0.15, 0.2) is 18.3 Å². The second-order valence-electron chi connectivity index (χ2n) is 5.19. The fourth-order valence-electron chi connectivity index (χ4n) is 1.44. The van der Waals surface area contributed by atoms with E-state index in [2.05, 4.69) is 10.3 Å².